The van der Waals surface area contributed by atoms with Crippen molar-refractivity contribution in [1.82, 2.24) is 15.1 Å². The first-order chi connectivity index (χ1) is 7.57. The smallest absolute Gasteiger partial charge is 0.270 e. The van der Waals surface area contributed by atoms with Crippen LogP contribution in [0.5, 0.6) is 0 Å². The Morgan fingerprint density at radius 3 is 2.88 bits per heavy atom. The lowest BCUT2D eigenvalue weighted by molar-refractivity contribution is 0.0888. The second-order valence-corrected chi connectivity index (χ2v) is 4.69. The van der Waals surface area contributed by atoms with Gasteiger partial charge in [-0.05, 0) is 31.7 Å². The molecule has 88 valence electrons. The molecule has 1 heterocycles. The van der Waals surface area contributed by atoms with Crippen molar-refractivity contribution < 1.29 is 4.79 Å². The number of nitrogens with zero attached hydrogens (tertiary/aromatic N) is 2. The van der Waals surface area contributed by atoms with Crippen LogP contribution in [0.25, 0.3) is 0 Å². The number of hydrogen-bond acceptors (Lipinski definition) is 3. The van der Waals surface area contributed by atoms with Crippen molar-refractivity contribution in [3.63, 3.8) is 0 Å². The monoisotopic (exact) mass is 222 g/mol. The van der Waals surface area contributed by atoms with Crippen molar-refractivity contribution in [1.29, 1.82) is 0 Å². The topological polar surface area (TPSA) is 72.9 Å². The molecule has 1 unspecified atom stereocenters. The molecule has 0 aromatic carbocycles. The van der Waals surface area contributed by atoms with Gasteiger partial charge < -0.3 is 11.1 Å². The first-order valence-electron chi connectivity index (χ1n) is 5.57. The fourth-order valence-corrected chi connectivity index (χ4v) is 1.96. The lowest BCUT2D eigenvalue weighted by atomic mass is 9.96. The highest BCUT2D eigenvalue weighted by Crippen LogP contribution is 2.39. The summed E-state index contributed by atoms with van der Waals surface area (Å²) in [7, 11) is 1.76. The summed E-state index contributed by atoms with van der Waals surface area (Å²) >= 11 is 0. The normalized spacial score (nSPS) is 19.2. The number of rotatable bonds is 4. The van der Waals surface area contributed by atoms with Crippen molar-refractivity contribution in [2.45, 2.75) is 25.3 Å². The third-order valence-electron chi connectivity index (χ3n) is 3.36. The van der Waals surface area contributed by atoms with Gasteiger partial charge in [-0.25, -0.2) is 0 Å². The molecule has 5 nitrogen and oxygen atoms in total. The van der Waals surface area contributed by atoms with Crippen LogP contribution < -0.4 is 11.1 Å². The second-order valence-electron chi connectivity index (χ2n) is 4.69. The largest absolute Gasteiger partial charge is 0.344 e. The maximum atomic E-state index is 12.0. The lowest BCUT2D eigenvalue weighted by Gasteiger charge is -2.29. The predicted octanol–water partition coefficient (Wildman–Crippen LogP) is 0.277. The third kappa shape index (κ3) is 1.95. The zero-order valence-corrected chi connectivity index (χ0v) is 9.73. The molecule has 3 N–H and O–H groups in total. The molecule has 1 amide bonds. The van der Waals surface area contributed by atoms with Gasteiger partial charge >= 0.3 is 0 Å². The first-order valence-corrected chi connectivity index (χ1v) is 5.57. The molecule has 1 aliphatic carbocycles. The van der Waals surface area contributed by atoms with Gasteiger partial charge in [0.05, 0.1) is 5.54 Å². The Morgan fingerprint density at radius 2 is 2.44 bits per heavy atom. The van der Waals surface area contributed by atoms with Crippen LogP contribution in [0.1, 0.15) is 30.3 Å². The molecule has 0 aliphatic heterocycles. The number of carbonyl (C=O) groups is 1. The molecule has 0 radical (unpaired) electrons. The molecule has 0 bridgehead atoms. The second kappa shape index (κ2) is 3.90. The Kier molecular flexibility index (Phi) is 2.71. The molecule has 1 atom stereocenters. The minimum absolute atomic E-state index is 0.0974. The van der Waals surface area contributed by atoms with E-state index in [1.807, 2.05) is 6.92 Å². The summed E-state index contributed by atoms with van der Waals surface area (Å²) in [5.41, 5.74) is 6.04. The van der Waals surface area contributed by atoms with Gasteiger partial charge in [0, 0.05) is 19.8 Å². The molecule has 5 heteroatoms. The van der Waals surface area contributed by atoms with E-state index in [2.05, 4.69) is 10.4 Å². The van der Waals surface area contributed by atoms with Crippen LogP contribution in [0.15, 0.2) is 12.3 Å². The van der Waals surface area contributed by atoms with Crippen molar-refractivity contribution in [3.8, 4) is 0 Å². The van der Waals surface area contributed by atoms with E-state index in [0.717, 1.165) is 12.8 Å². The van der Waals surface area contributed by atoms with Gasteiger partial charge in [-0.15, -0.1) is 0 Å². The van der Waals surface area contributed by atoms with Crippen LogP contribution >= 0.6 is 0 Å². The summed E-state index contributed by atoms with van der Waals surface area (Å²) < 4.78 is 1.57. The molecule has 1 fully saturated rings. The fourth-order valence-electron chi connectivity index (χ4n) is 1.96. The SMILES string of the molecule is Cn1nccc1C(=O)NC(C)(CN)C1CC1. The number of nitrogens with two attached hydrogens (primary N) is 1. The molecule has 1 saturated carbocycles. The van der Waals surface area contributed by atoms with Crippen LogP contribution in [-0.4, -0.2) is 27.8 Å². The van der Waals surface area contributed by atoms with Crippen LogP contribution in [0.4, 0.5) is 0 Å². The highest BCUT2D eigenvalue weighted by Gasteiger charge is 2.41. The molecule has 0 spiro atoms. The number of aryl methyl sites for hydroxylation is 1. The van der Waals surface area contributed by atoms with Crippen LogP contribution in [0, 0.1) is 5.92 Å². The summed E-state index contributed by atoms with van der Waals surface area (Å²) in [6, 6.07) is 1.71. The molecular weight excluding hydrogens is 204 g/mol. The van der Waals surface area contributed by atoms with Gasteiger partial charge in [-0.1, -0.05) is 0 Å². The van der Waals surface area contributed by atoms with E-state index >= 15 is 0 Å². The van der Waals surface area contributed by atoms with E-state index in [1.165, 1.54) is 0 Å². The quantitative estimate of drug-likeness (QED) is 0.768. The Labute approximate surface area is 95.0 Å². The minimum atomic E-state index is -0.276. The molecule has 1 aromatic rings. The van der Waals surface area contributed by atoms with E-state index < -0.39 is 0 Å². The highest BCUT2D eigenvalue weighted by atomic mass is 16.2. The zero-order chi connectivity index (χ0) is 11.8. The summed E-state index contributed by atoms with van der Waals surface area (Å²) in [6.45, 7) is 2.49. The van der Waals surface area contributed by atoms with Crippen LogP contribution in [0.2, 0.25) is 0 Å². The molecule has 1 aromatic heterocycles. The molecule has 0 saturated heterocycles. The van der Waals surface area contributed by atoms with E-state index in [9.17, 15) is 4.79 Å². The standard InChI is InChI=1S/C11H18N4O/c1-11(7-12,8-3-4-8)14-10(16)9-5-6-13-15(9)2/h5-6,8H,3-4,7,12H2,1-2H3,(H,14,16). The Bertz CT molecular complexity index is 396. The molecule has 16 heavy (non-hydrogen) atoms. The summed E-state index contributed by atoms with van der Waals surface area (Å²) in [4.78, 5) is 12.0. The summed E-state index contributed by atoms with van der Waals surface area (Å²) in [6.07, 6.45) is 3.92. The van der Waals surface area contributed by atoms with Gasteiger partial charge in [0.25, 0.3) is 5.91 Å². The Hall–Kier alpha value is -1.36. The lowest BCUT2D eigenvalue weighted by Crippen LogP contribution is -2.53. The number of nitrogens with one attached hydrogen (secondary N) is 1. The van der Waals surface area contributed by atoms with Gasteiger partial charge in [-0.2, -0.15) is 5.10 Å². The highest BCUT2D eigenvalue weighted by molar-refractivity contribution is 5.93. The Balaban J connectivity index is 2.09. The van der Waals surface area contributed by atoms with Crippen molar-refractivity contribution in [3.05, 3.63) is 18.0 Å². The zero-order valence-electron chi connectivity index (χ0n) is 9.73. The van der Waals surface area contributed by atoms with E-state index in [1.54, 1.807) is 24.0 Å². The number of hydrogen-bond donors (Lipinski definition) is 2. The van der Waals surface area contributed by atoms with E-state index in [0.29, 0.717) is 18.2 Å². The predicted molar refractivity (Wildman–Crippen MR) is 60.9 cm³/mol. The van der Waals surface area contributed by atoms with Gasteiger partial charge in [0.15, 0.2) is 0 Å². The molecule has 2 rings (SSSR count). The molecule has 1 aliphatic rings. The summed E-state index contributed by atoms with van der Waals surface area (Å²) in [5.74, 6) is 0.425. The third-order valence-corrected chi connectivity index (χ3v) is 3.36. The fraction of sp³-hybridized carbons (Fsp3) is 0.636. The first kappa shape index (κ1) is 11.1. The minimum Gasteiger partial charge on any atom is -0.344 e. The number of aromatic nitrogens is 2. The van der Waals surface area contributed by atoms with E-state index in [-0.39, 0.29) is 11.4 Å². The van der Waals surface area contributed by atoms with Crippen molar-refractivity contribution in [2.24, 2.45) is 18.7 Å². The van der Waals surface area contributed by atoms with E-state index in [4.69, 9.17) is 5.73 Å². The average molecular weight is 222 g/mol. The summed E-state index contributed by atoms with van der Waals surface area (Å²) in [5, 5.41) is 7.00. The maximum Gasteiger partial charge on any atom is 0.270 e. The van der Waals surface area contributed by atoms with Gasteiger partial charge in [-0.3, -0.25) is 9.48 Å². The van der Waals surface area contributed by atoms with Crippen molar-refractivity contribution >= 4 is 5.91 Å². The Morgan fingerprint density at radius 1 is 1.75 bits per heavy atom. The average Bonchev–Trinajstić information content (AvgIpc) is 3.02. The number of amides is 1. The van der Waals surface area contributed by atoms with Gasteiger partial charge in [0.1, 0.15) is 5.69 Å². The molecular formula is C11H18N4O. The van der Waals surface area contributed by atoms with Crippen LogP contribution in [-0.2, 0) is 7.05 Å². The van der Waals surface area contributed by atoms with Crippen molar-refractivity contribution in [2.75, 3.05) is 6.54 Å². The van der Waals surface area contributed by atoms with Crippen LogP contribution in [0.3, 0.4) is 0 Å². The number of carbonyl (C=O) groups excluding carboxylic acids is 1. The maximum absolute atomic E-state index is 12.0. The van der Waals surface area contributed by atoms with Gasteiger partial charge in [0.2, 0.25) is 0 Å².